The highest BCUT2D eigenvalue weighted by molar-refractivity contribution is 6.32. The summed E-state index contributed by atoms with van der Waals surface area (Å²) in [5.41, 5.74) is -0.603. The van der Waals surface area contributed by atoms with Crippen LogP contribution in [0, 0.1) is 0 Å². The second kappa shape index (κ2) is 6.60. The topological polar surface area (TPSA) is 58.6 Å². The molecule has 0 spiro atoms. The van der Waals surface area contributed by atoms with Crippen LogP contribution in [0.5, 0.6) is 11.5 Å². The van der Waals surface area contributed by atoms with Gasteiger partial charge in [-0.1, -0.05) is 23.7 Å². The quantitative estimate of drug-likeness (QED) is 0.874. The Morgan fingerprint density at radius 2 is 1.74 bits per heavy atom. The maximum atomic E-state index is 12.1. The highest BCUT2D eigenvalue weighted by Crippen LogP contribution is 2.32. The van der Waals surface area contributed by atoms with E-state index in [1.165, 1.54) is 0 Å². The van der Waals surface area contributed by atoms with Gasteiger partial charge in [0, 0.05) is 5.69 Å². The molecule has 0 radical (unpaired) electrons. The maximum absolute atomic E-state index is 12.1. The summed E-state index contributed by atoms with van der Waals surface area (Å²) < 4.78 is 5.69. The lowest BCUT2D eigenvalue weighted by Crippen LogP contribution is -2.40. The van der Waals surface area contributed by atoms with Gasteiger partial charge in [0.2, 0.25) is 0 Å². The third-order valence-corrected chi connectivity index (χ3v) is 4.34. The van der Waals surface area contributed by atoms with E-state index in [0.29, 0.717) is 35.1 Å². The Labute approximate surface area is 140 Å². The van der Waals surface area contributed by atoms with Crippen molar-refractivity contribution in [1.82, 2.24) is 0 Å². The van der Waals surface area contributed by atoms with Crippen LogP contribution in [0.3, 0.4) is 0 Å². The molecule has 0 aromatic heterocycles. The molecule has 0 atom stereocenters. The Bertz CT molecular complexity index is 694. The minimum Gasteiger partial charge on any atom is -0.456 e. The van der Waals surface area contributed by atoms with Gasteiger partial charge in [0.25, 0.3) is 5.91 Å². The van der Waals surface area contributed by atoms with Crippen LogP contribution in [0.1, 0.15) is 25.7 Å². The van der Waals surface area contributed by atoms with Gasteiger partial charge in [0.05, 0.1) is 5.02 Å². The molecule has 1 fully saturated rings. The van der Waals surface area contributed by atoms with E-state index in [1.807, 2.05) is 12.1 Å². The normalized spacial score (nSPS) is 16.1. The van der Waals surface area contributed by atoms with E-state index in [1.54, 1.807) is 36.4 Å². The van der Waals surface area contributed by atoms with E-state index < -0.39 is 5.60 Å². The Morgan fingerprint density at radius 3 is 2.39 bits per heavy atom. The standard InChI is InChI=1S/C18H18ClNO3/c19-15-5-1-2-6-16(15)23-14-9-7-13(8-10-14)20-17(21)18(22)11-3-4-12-18/h1-2,5-10,22H,3-4,11-12H2,(H,20,21). The lowest BCUT2D eigenvalue weighted by Gasteiger charge is -2.21. The van der Waals surface area contributed by atoms with Crippen molar-refractivity contribution in [2.45, 2.75) is 31.3 Å². The van der Waals surface area contributed by atoms with Gasteiger partial charge in [-0.25, -0.2) is 0 Å². The second-order valence-electron chi connectivity index (χ2n) is 5.75. The van der Waals surface area contributed by atoms with Crippen LogP contribution in [-0.4, -0.2) is 16.6 Å². The number of aliphatic hydroxyl groups is 1. The van der Waals surface area contributed by atoms with Crippen LogP contribution in [0.4, 0.5) is 5.69 Å². The highest BCUT2D eigenvalue weighted by atomic mass is 35.5. The van der Waals surface area contributed by atoms with E-state index in [0.717, 1.165) is 12.8 Å². The zero-order valence-electron chi connectivity index (χ0n) is 12.6. The fourth-order valence-corrected chi connectivity index (χ4v) is 2.87. The molecule has 2 aromatic carbocycles. The SMILES string of the molecule is O=C(Nc1ccc(Oc2ccccc2Cl)cc1)C1(O)CCCC1. The molecule has 1 aliphatic carbocycles. The summed E-state index contributed by atoms with van der Waals surface area (Å²) in [4.78, 5) is 12.1. The number of anilines is 1. The summed E-state index contributed by atoms with van der Waals surface area (Å²) in [6, 6.07) is 14.2. The summed E-state index contributed by atoms with van der Waals surface area (Å²) >= 11 is 6.05. The minimum atomic E-state index is -1.23. The third-order valence-electron chi connectivity index (χ3n) is 4.03. The van der Waals surface area contributed by atoms with Crippen LogP contribution in [-0.2, 0) is 4.79 Å². The molecule has 23 heavy (non-hydrogen) atoms. The minimum absolute atomic E-state index is 0.338. The number of rotatable bonds is 4. The third kappa shape index (κ3) is 3.66. The molecule has 2 N–H and O–H groups in total. The van der Waals surface area contributed by atoms with E-state index in [-0.39, 0.29) is 5.91 Å². The van der Waals surface area contributed by atoms with Crippen molar-refractivity contribution in [1.29, 1.82) is 0 Å². The summed E-state index contributed by atoms with van der Waals surface area (Å²) in [7, 11) is 0. The molecule has 0 saturated heterocycles. The number of nitrogens with one attached hydrogen (secondary N) is 1. The van der Waals surface area contributed by atoms with Gasteiger partial charge in [0.1, 0.15) is 17.1 Å². The van der Waals surface area contributed by atoms with Gasteiger partial charge < -0.3 is 15.2 Å². The number of halogens is 1. The van der Waals surface area contributed by atoms with E-state index in [2.05, 4.69) is 5.32 Å². The Balaban J connectivity index is 1.65. The Hall–Kier alpha value is -2.04. The molecular weight excluding hydrogens is 314 g/mol. The summed E-state index contributed by atoms with van der Waals surface area (Å²) in [5, 5.41) is 13.5. The van der Waals surface area contributed by atoms with Crippen LogP contribution in [0.15, 0.2) is 48.5 Å². The highest BCUT2D eigenvalue weighted by Gasteiger charge is 2.38. The molecule has 4 nitrogen and oxygen atoms in total. The van der Waals surface area contributed by atoms with Crippen molar-refractivity contribution >= 4 is 23.2 Å². The van der Waals surface area contributed by atoms with Crippen molar-refractivity contribution < 1.29 is 14.6 Å². The molecule has 1 amide bonds. The van der Waals surface area contributed by atoms with Crippen molar-refractivity contribution in [2.24, 2.45) is 0 Å². The smallest absolute Gasteiger partial charge is 0.256 e. The number of carbonyl (C=O) groups excluding carboxylic acids is 1. The van der Waals surface area contributed by atoms with Crippen molar-refractivity contribution in [3.63, 3.8) is 0 Å². The van der Waals surface area contributed by atoms with Gasteiger partial charge in [-0.05, 0) is 62.1 Å². The number of para-hydroxylation sites is 1. The van der Waals surface area contributed by atoms with Gasteiger partial charge in [-0.2, -0.15) is 0 Å². The van der Waals surface area contributed by atoms with Gasteiger partial charge >= 0.3 is 0 Å². The van der Waals surface area contributed by atoms with Crippen LogP contribution in [0.2, 0.25) is 5.02 Å². The average Bonchev–Trinajstić information content (AvgIpc) is 3.00. The van der Waals surface area contributed by atoms with E-state index in [4.69, 9.17) is 16.3 Å². The molecule has 0 heterocycles. The Kier molecular flexibility index (Phi) is 4.55. The van der Waals surface area contributed by atoms with E-state index in [9.17, 15) is 9.90 Å². The molecule has 120 valence electrons. The predicted octanol–water partition coefficient (Wildman–Crippen LogP) is 4.38. The van der Waals surface area contributed by atoms with Crippen LogP contribution in [0.25, 0.3) is 0 Å². The molecule has 0 aliphatic heterocycles. The molecule has 5 heteroatoms. The molecule has 1 saturated carbocycles. The predicted molar refractivity (Wildman–Crippen MR) is 90.0 cm³/mol. The lowest BCUT2D eigenvalue weighted by atomic mass is 10.0. The summed E-state index contributed by atoms with van der Waals surface area (Å²) in [6.45, 7) is 0. The van der Waals surface area contributed by atoms with Crippen molar-refractivity contribution in [3.8, 4) is 11.5 Å². The van der Waals surface area contributed by atoms with E-state index >= 15 is 0 Å². The zero-order valence-corrected chi connectivity index (χ0v) is 13.3. The number of amides is 1. The molecule has 0 unspecified atom stereocenters. The first-order valence-corrected chi connectivity index (χ1v) is 8.01. The fraction of sp³-hybridized carbons (Fsp3) is 0.278. The molecular formula is C18H18ClNO3. The monoisotopic (exact) mass is 331 g/mol. The molecule has 1 aliphatic rings. The molecule has 3 rings (SSSR count). The first-order chi connectivity index (χ1) is 11.1. The van der Waals surface area contributed by atoms with Crippen molar-refractivity contribution in [2.75, 3.05) is 5.32 Å². The number of ether oxygens (including phenoxy) is 1. The Morgan fingerprint density at radius 1 is 1.09 bits per heavy atom. The maximum Gasteiger partial charge on any atom is 0.256 e. The largest absolute Gasteiger partial charge is 0.456 e. The first-order valence-electron chi connectivity index (χ1n) is 7.63. The zero-order chi connectivity index (χ0) is 16.3. The van der Waals surface area contributed by atoms with Gasteiger partial charge in [-0.3, -0.25) is 4.79 Å². The summed E-state index contributed by atoms with van der Waals surface area (Å²) in [6.07, 6.45) is 2.81. The van der Waals surface area contributed by atoms with Crippen LogP contribution >= 0.6 is 11.6 Å². The fourth-order valence-electron chi connectivity index (χ4n) is 2.70. The second-order valence-corrected chi connectivity index (χ2v) is 6.16. The molecule has 2 aromatic rings. The average molecular weight is 332 g/mol. The first kappa shape index (κ1) is 15.8. The molecule has 0 bridgehead atoms. The van der Waals surface area contributed by atoms with Crippen molar-refractivity contribution in [3.05, 3.63) is 53.6 Å². The van der Waals surface area contributed by atoms with Crippen LogP contribution < -0.4 is 10.1 Å². The number of hydrogen-bond donors (Lipinski definition) is 2. The number of carbonyl (C=O) groups is 1. The summed E-state index contributed by atoms with van der Waals surface area (Å²) in [5.74, 6) is 0.858. The van der Waals surface area contributed by atoms with Gasteiger partial charge in [0.15, 0.2) is 0 Å². The number of benzene rings is 2. The number of hydrogen-bond acceptors (Lipinski definition) is 3. The lowest BCUT2D eigenvalue weighted by molar-refractivity contribution is -0.133. The van der Waals surface area contributed by atoms with Gasteiger partial charge in [-0.15, -0.1) is 0 Å².